The maximum atomic E-state index is 12.9. The van der Waals surface area contributed by atoms with Gasteiger partial charge in [-0.05, 0) is 64.3 Å². The Morgan fingerprint density at radius 2 is 1.81 bits per heavy atom. The highest BCUT2D eigenvalue weighted by Gasteiger charge is 2.33. The third-order valence-corrected chi connectivity index (χ3v) is 5.00. The Morgan fingerprint density at radius 3 is 2.44 bits per heavy atom. The zero-order valence-electron chi connectivity index (χ0n) is 16.8. The number of halogens is 4. The molecule has 3 aromatic carbocycles. The van der Waals surface area contributed by atoms with Gasteiger partial charge in [0, 0.05) is 12.3 Å². The van der Waals surface area contributed by atoms with Crippen molar-refractivity contribution < 1.29 is 27.6 Å². The second kappa shape index (κ2) is 9.39. The van der Waals surface area contributed by atoms with Crippen LogP contribution in [0.25, 0.3) is 0 Å². The van der Waals surface area contributed by atoms with Crippen LogP contribution in [0.15, 0.2) is 64.1 Å². The largest absolute Gasteiger partial charge is 0.493 e. The molecule has 0 aliphatic rings. The lowest BCUT2D eigenvalue weighted by Gasteiger charge is -2.14. The van der Waals surface area contributed by atoms with Crippen molar-refractivity contribution in [1.82, 2.24) is 0 Å². The number of methoxy groups -OCH3 is 1. The summed E-state index contributed by atoms with van der Waals surface area (Å²) < 4.78 is 50.1. The number of nitro benzene ring substituents is 1. The Kier molecular flexibility index (Phi) is 6.83. The maximum absolute atomic E-state index is 12.9. The van der Waals surface area contributed by atoms with Crippen LogP contribution >= 0.6 is 15.9 Å². The average Bonchev–Trinajstić information content (AvgIpc) is 2.74. The molecule has 166 valence electrons. The average molecular weight is 509 g/mol. The number of nitro groups is 1. The minimum absolute atomic E-state index is 0.0726. The Bertz CT molecular complexity index is 1200. The van der Waals surface area contributed by atoms with Crippen LogP contribution in [0.4, 0.5) is 24.5 Å². The van der Waals surface area contributed by atoms with E-state index in [0.29, 0.717) is 22.2 Å². The van der Waals surface area contributed by atoms with Gasteiger partial charge in [-0.15, -0.1) is 0 Å². The molecule has 10 heteroatoms. The van der Waals surface area contributed by atoms with Crippen LogP contribution in [0.1, 0.15) is 16.7 Å². The van der Waals surface area contributed by atoms with Crippen LogP contribution in [-0.4, -0.2) is 18.2 Å². The molecule has 0 N–H and O–H groups in total. The number of hydrogen-bond acceptors (Lipinski definition) is 5. The maximum Gasteiger partial charge on any atom is 0.416 e. The molecule has 0 saturated heterocycles. The number of alkyl halides is 3. The lowest BCUT2D eigenvalue weighted by atomic mass is 10.1. The minimum atomic E-state index is -4.72. The van der Waals surface area contributed by atoms with E-state index in [0.717, 1.165) is 17.3 Å². The molecule has 0 aromatic heterocycles. The fraction of sp³-hybridized carbons (Fsp3) is 0.136. The van der Waals surface area contributed by atoms with Crippen molar-refractivity contribution in [3.05, 3.63) is 85.9 Å². The van der Waals surface area contributed by atoms with E-state index >= 15 is 0 Å². The Hall–Kier alpha value is -3.40. The number of hydrogen-bond donors (Lipinski definition) is 0. The number of aliphatic imine (C=N–C) groups is 1. The quantitative estimate of drug-likeness (QED) is 0.200. The summed E-state index contributed by atoms with van der Waals surface area (Å²) in [5, 5.41) is 11.3. The molecule has 0 radical (unpaired) electrons. The summed E-state index contributed by atoms with van der Waals surface area (Å²) in [6, 6.07) is 12.8. The number of benzene rings is 3. The van der Waals surface area contributed by atoms with E-state index in [-0.39, 0.29) is 17.2 Å². The Morgan fingerprint density at radius 1 is 1.09 bits per heavy atom. The summed E-state index contributed by atoms with van der Waals surface area (Å²) in [6.45, 7) is 1.93. The van der Waals surface area contributed by atoms with Crippen molar-refractivity contribution >= 4 is 33.5 Å². The second-order valence-corrected chi connectivity index (χ2v) is 7.47. The molecule has 0 spiro atoms. The minimum Gasteiger partial charge on any atom is -0.493 e. The number of rotatable bonds is 6. The number of aryl methyl sites for hydroxylation is 1. The van der Waals surface area contributed by atoms with Crippen LogP contribution in [0.3, 0.4) is 0 Å². The summed E-state index contributed by atoms with van der Waals surface area (Å²) in [5.74, 6) is -0.0773. The van der Waals surface area contributed by atoms with Crippen LogP contribution in [0.5, 0.6) is 17.2 Å². The van der Waals surface area contributed by atoms with E-state index in [1.165, 1.54) is 7.11 Å². The molecule has 3 rings (SSSR count). The summed E-state index contributed by atoms with van der Waals surface area (Å²) in [7, 11) is 1.37. The summed E-state index contributed by atoms with van der Waals surface area (Å²) in [5.41, 5.74) is 0.447. The van der Waals surface area contributed by atoms with E-state index in [2.05, 4.69) is 20.9 Å². The number of nitrogens with zero attached hydrogens (tertiary/aromatic N) is 2. The normalized spacial score (nSPS) is 11.6. The van der Waals surface area contributed by atoms with Crippen molar-refractivity contribution in [3.63, 3.8) is 0 Å². The first-order valence-corrected chi connectivity index (χ1v) is 9.90. The van der Waals surface area contributed by atoms with Crippen LogP contribution < -0.4 is 9.47 Å². The van der Waals surface area contributed by atoms with Crippen LogP contribution in [0, 0.1) is 17.0 Å². The van der Waals surface area contributed by atoms with Crippen molar-refractivity contribution in [2.75, 3.05) is 7.11 Å². The van der Waals surface area contributed by atoms with E-state index in [1.807, 2.05) is 31.2 Å². The smallest absolute Gasteiger partial charge is 0.416 e. The molecule has 32 heavy (non-hydrogen) atoms. The molecule has 0 saturated carbocycles. The number of ether oxygens (including phenoxy) is 2. The van der Waals surface area contributed by atoms with Crippen LogP contribution in [-0.2, 0) is 6.18 Å². The van der Waals surface area contributed by atoms with E-state index in [9.17, 15) is 23.3 Å². The lowest BCUT2D eigenvalue weighted by molar-refractivity contribution is -0.385. The Labute approximate surface area is 189 Å². The van der Waals surface area contributed by atoms with Crippen molar-refractivity contribution in [1.29, 1.82) is 0 Å². The molecular weight excluding hydrogens is 493 g/mol. The van der Waals surface area contributed by atoms with E-state index in [1.54, 1.807) is 18.3 Å². The van der Waals surface area contributed by atoms with Gasteiger partial charge in [0.1, 0.15) is 0 Å². The predicted molar refractivity (Wildman–Crippen MR) is 117 cm³/mol. The topological polar surface area (TPSA) is 74.0 Å². The van der Waals surface area contributed by atoms with E-state index in [4.69, 9.17) is 9.47 Å². The molecule has 0 unspecified atom stereocenters. The van der Waals surface area contributed by atoms with Gasteiger partial charge in [-0.1, -0.05) is 18.2 Å². The fourth-order valence-corrected chi connectivity index (χ4v) is 3.34. The lowest BCUT2D eigenvalue weighted by Crippen LogP contribution is -2.06. The molecule has 0 heterocycles. The molecule has 0 aliphatic carbocycles. The second-order valence-electron chi connectivity index (χ2n) is 6.62. The zero-order chi connectivity index (χ0) is 23.5. The van der Waals surface area contributed by atoms with Gasteiger partial charge in [-0.3, -0.25) is 15.1 Å². The first kappa shape index (κ1) is 23.3. The van der Waals surface area contributed by atoms with Crippen molar-refractivity contribution in [2.24, 2.45) is 4.99 Å². The van der Waals surface area contributed by atoms with Gasteiger partial charge in [0.25, 0.3) is 0 Å². The van der Waals surface area contributed by atoms with Gasteiger partial charge < -0.3 is 9.47 Å². The molecule has 0 amide bonds. The SMILES string of the molecule is COc1cc(C=Nc2ccccc2C)cc(Br)c1Oc1ccc(C(F)(F)F)cc1[N+](=O)[O-]. The monoisotopic (exact) mass is 508 g/mol. The molecule has 0 aliphatic heterocycles. The van der Waals surface area contributed by atoms with Gasteiger partial charge in [-0.2, -0.15) is 13.2 Å². The summed E-state index contributed by atoms with van der Waals surface area (Å²) in [4.78, 5) is 14.8. The third kappa shape index (κ3) is 5.25. The van der Waals surface area contributed by atoms with Gasteiger partial charge in [-0.25, -0.2) is 0 Å². The first-order chi connectivity index (χ1) is 15.1. The van der Waals surface area contributed by atoms with E-state index < -0.39 is 22.4 Å². The van der Waals surface area contributed by atoms with Gasteiger partial charge in [0.05, 0.1) is 27.8 Å². The van der Waals surface area contributed by atoms with Gasteiger partial charge in [0.15, 0.2) is 11.5 Å². The Balaban J connectivity index is 1.97. The molecule has 3 aromatic rings. The molecule has 0 fully saturated rings. The highest BCUT2D eigenvalue weighted by Crippen LogP contribution is 2.43. The van der Waals surface area contributed by atoms with Gasteiger partial charge in [0.2, 0.25) is 5.75 Å². The van der Waals surface area contributed by atoms with Crippen molar-refractivity contribution in [2.45, 2.75) is 13.1 Å². The first-order valence-electron chi connectivity index (χ1n) is 9.11. The predicted octanol–water partition coefficient (Wildman–Crippen LogP) is 7.24. The third-order valence-electron chi connectivity index (χ3n) is 4.41. The van der Waals surface area contributed by atoms with Crippen molar-refractivity contribution in [3.8, 4) is 17.2 Å². The standard InChI is InChI=1S/C22H16BrF3N2O4/c1-13-5-3-4-6-17(13)27-12-14-9-16(23)21(20(10-14)31-2)32-19-8-7-15(22(24,25)26)11-18(19)28(29)30/h3-12H,1-2H3. The molecule has 0 bridgehead atoms. The molecular formula is C22H16BrF3N2O4. The number of para-hydroxylation sites is 1. The molecule has 0 atom stereocenters. The fourth-order valence-electron chi connectivity index (χ4n) is 2.80. The highest BCUT2D eigenvalue weighted by atomic mass is 79.9. The summed E-state index contributed by atoms with van der Waals surface area (Å²) in [6.07, 6.45) is -3.11. The highest BCUT2D eigenvalue weighted by molar-refractivity contribution is 9.10. The zero-order valence-corrected chi connectivity index (χ0v) is 18.4. The van der Waals surface area contributed by atoms with Crippen LogP contribution in [0.2, 0.25) is 0 Å². The van der Waals surface area contributed by atoms with Gasteiger partial charge >= 0.3 is 11.9 Å². The molecule has 6 nitrogen and oxygen atoms in total. The summed E-state index contributed by atoms with van der Waals surface area (Å²) >= 11 is 3.33.